The van der Waals surface area contributed by atoms with Crippen molar-refractivity contribution in [2.75, 3.05) is 6.54 Å². The first-order valence-corrected chi connectivity index (χ1v) is 8.46. The average Bonchev–Trinajstić information content (AvgIpc) is 2.63. The molecule has 1 saturated heterocycles. The van der Waals surface area contributed by atoms with E-state index in [4.69, 9.17) is 0 Å². The Balaban J connectivity index is 2.01. The maximum absolute atomic E-state index is 11.5. The first kappa shape index (κ1) is 15.0. The lowest BCUT2D eigenvalue weighted by molar-refractivity contribution is -0.118. The Morgan fingerprint density at radius 1 is 1.11 bits per heavy atom. The third-order valence-electron chi connectivity index (χ3n) is 5.25. The Morgan fingerprint density at radius 3 is 2.68 bits per heavy atom. The normalized spacial score (nSPS) is 33.9. The molecule has 0 bridgehead atoms. The van der Waals surface area contributed by atoms with Crippen molar-refractivity contribution in [2.24, 2.45) is 5.92 Å². The second-order valence-corrected chi connectivity index (χ2v) is 6.74. The second-order valence-electron chi connectivity index (χ2n) is 6.74. The number of Topliss-reactive ketones (excluding diaryl/α,β-unsaturated/α-hetero) is 1. The topological polar surface area (TPSA) is 20.3 Å². The predicted molar refractivity (Wildman–Crippen MR) is 80.3 cm³/mol. The minimum atomic E-state index is 0.375. The second kappa shape index (κ2) is 7.42. The molecule has 3 atom stereocenters. The minimum absolute atomic E-state index is 0.375. The molecule has 0 spiro atoms. The monoisotopic (exact) mass is 265 g/mol. The molecule has 2 rings (SSSR count). The van der Waals surface area contributed by atoms with E-state index in [-0.39, 0.29) is 0 Å². The molecule has 0 N–H and O–H groups in total. The third-order valence-corrected chi connectivity index (χ3v) is 5.25. The summed E-state index contributed by atoms with van der Waals surface area (Å²) in [4.78, 5) is 14.3. The largest absolute Gasteiger partial charge is 0.300 e. The Labute approximate surface area is 118 Å². The molecule has 2 fully saturated rings. The van der Waals surface area contributed by atoms with Gasteiger partial charge in [0.15, 0.2) is 0 Å². The number of carbonyl (C=O) groups excluding carboxylic acids is 1. The van der Waals surface area contributed by atoms with E-state index in [0.29, 0.717) is 11.8 Å². The summed E-state index contributed by atoms with van der Waals surface area (Å²) in [6.45, 7) is 5.33. The van der Waals surface area contributed by atoms with Gasteiger partial charge in [-0.3, -0.25) is 9.69 Å². The van der Waals surface area contributed by atoms with Gasteiger partial charge >= 0.3 is 0 Å². The zero-order valence-corrected chi connectivity index (χ0v) is 12.9. The predicted octanol–water partition coefficient (Wildman–Crippen LogP) is 4.18. The summed E-state index contributed by atoms with van der Waals surface area (Å²) in [6.07, 6.45) is 12.9. The van der Waals surface area contributed by atoms with Gasteiger partial charge in [0.25, 0.3) is 0 Å². The lowest BCUT2D eigenvalue weighted by Gasteiger charge is -2.41. The van der Waals surface area contributed by atoms with Crippen LogP contribution >= 0.6 is 0 Å². The molecule has 19 heavy (non-hydrogen) atoms. The molecular weight excluding hydrogens is 234 g/mol. The van der Waals surface area contributed by atoms with E-state index in [9.17, 15) is 4.79 Å². The van der Waals surface area contributed by atoms with Crippen LogP contribution in [0.1, 0.15) is 78.1 Å². The first-order valence-electron chi connectivity index (χ1n) is 8.46. The van der Waals surface area contributed by atoms with E-state index in [2.05, 4.69) is 11.8 Å². The van der Waals surface area contributed by atoms with Crippen molar-refractivity contribution >= 4 is 5.78 Å². The Hall–Kier alpha value is -0.370. The molecule has 1 saturated carbocycles. The van der Waals surface area contributed by atoms with Crippen LogP contribution in [0.4, 0.5) is 0 Å². The zero-order chi connectivity index (χ0) is 13.7. The molecule has 0 radical (unpaired) electrons. The Kier molecular flexibility index (Phi) is 5.87. The molecule has 2 heteroatoms. The lowest BCUT2D eigenvalue weighted by Crippen LogP contribution is -2.45. The van der Waals surface area contributed by atoms with Gasteiger partial charge in [-0.15, -0.1) is 0 Å². The van der Waals surface area contributed by atoms with Gasteiger partial charge in [-0.2, -0.15) is 0 Å². The highest BCUT2D eigenvalue weighted by Gasteiger charge is 2.31. The summed E-state index contributed by atoms with van der Waals surface area (Å²) in [6, 6.07) is 1.31. The van der Waals surface area contributed by atoms with Crippen molar-refractivity contribution in [3.05, 3.63) is 0 Å². The summed E-state index contributed by atoms with van der Waals surface area (Å²) in [5.74, 6) is 1.31. The van der Waals surface area contributed by atoms with Crippen LogP contribution in [0.5, 0.6) is 0 Å². The molecule has 2 nitrogen and oxygen atoms in total. The number of rotatable bonds is 4. The van der Waals surface area contributed by atoms with Crippen molar-refractivity contribution in [1.29, 1.82) is 0 Å². The number of carbonyl (C=O) groups is 1. The maximum Gasteiger partial charge on any atom is 0.131 e. The van der Waals surface area contributed by atoms with E-state index >= 15 is 0 Å². The first-order chi connectivity index (χ1) is 9.20. The SMILES string of the molecule is CCC1CCCC(N2CCCCCC2CC(C)=O)C1. The van der Waals surface area contributed by atoms with E-state index in [0.717, 1.165) is 18.4 Å². The molecule has 110 valence electrons. The highest BCUT2D eigenvalue weighted by atomic mass is 16.1. The van der Waals surface area contributed by atoms with E-state index in [1.54, 1.807) is 6.92 Å². The van der Waals surface area contributed by atoms with Crippen molar-refractivity contribution in [3.63, 3.8) is 0 Å². The molecule has 2 aliphatic rings. The van der Waals surface area contributed by atoms with Gasteiger partial charge in [0.2, 0.25) is 0 Å². The van der Waals surface area contributed by atoms with Gasteiger partial charge in [0.1, 0.15) is 5.78 Å². The Bertz CT molecular complexity index is 289. The molecule has 1 heterocycles. The fourth-order valence-electron chi connectivity index (χ4n) is 4.17. The van der Waals surface area contributed by atoms with Crippen molar-refractivity contribution in [2.45, 2.75) is 90.1 Å². The van der Waals surface area contributed by atoms with Crippen LogP contribution in [0.3, 0.4) is 0 Å². The van der Waals surface area contributed by atoms with Crippen molar-refractivity contribution in [3.8, 4) is 0 Å². The fourth-order valence-corrected chi connectivity index (χ4v) is 4.17. The van der Waals surface area contributed by atoms with Crippen LogP contribution in [0.2, 0.25) is 0 Å². The summed E-state index contributed by atoms with van der Waals surface area (Å²) in [5.41, 5.74) is 0. The molecule has 1 aliphatic carbocycles. The quantitative estimate of drug-likeness (QED) is 0.760. The van der Waals surface area contributed by atoms with Gasteiger partial charge in [0.05, 0.1) is 0 Å². The van der Waals surface area contributed by atoms with Gasteiger partial charge in [-0.05, 0) is 45.1 Å². The minimum Gasteiger partial charge on any atom is -0.300 e. The van der Waals surface area contributed by atoms with Crippen LogP contribution in [-0.4, -0.2) is 29.3 Å². The van der Waals surface area contributed by atoms with Crippen LogP contribution in [0, 0.1) is 5.92 Å². The summed E-state index contributed by atoms with van der Waals surface area (Å²) in [5, 5.41) is 0. The third kappa shape index (κ3) is 4.30. The number of likely N-dealkylation sites (tertiary alicyclic amines) is 1. The highest BCUT2D eigenvalue weighted by Crippen LogP contribution is 2.33. The van der Waals surface area contributed by atoms with Crippen LogP contribution < -0.4 is 0 Å². The highest BCUT2D eigenvalue weighted by molar-refractivity contribution is 5.76. The van der Waals surface area contributed by atoms with Crippen LogP contribution in [0.25, 0.3) is 0 Å². The van der Waals surface area contributed by atoms with Gasteiger partial charge in [-0.25, -0.2) is 0 Å². The number of nitrogens with zero attached hydrogens (tertiary/aromatic N) is 1. The molecule has 0 amide bonds. The molecule has 0 aromatic rings. The van der Waals surface area contributed by atoms with Gasteiger partial charge < -0.3 is 0 Å². The summed E-state index contributed by atoms with van der Waals surface area (Å²) < 4.78 is 0. The fraction of sp³-hybridized carbons (Fsp3) is 0.941. The van der Waals surface area contributed by atoms with E-state index in [1.807, 2.05) is 0 Å². The van der Waals surface area contributed by atoms with Crippen LogP contribution in [-0.2, 0) is 4.79 Å². The number of hydrogen-bond donors (Lipinski definition) is 0. The molecule has 0 aromatic carbocycles. The number of hydrogen-bond acceptors (Lipinski definition) is 2. The summed E-state index contributed by atoms with van der Waals surface area (Å²) in [7, 11) is 0. The number of ketones is 1. The summed E-state index contributed by atoms with van der Waals surface area (Å²) >= 11 is 0. The lowest BCUT2D eigenvalue weighted by atomic mass is 9.82. The van der Waals surface area contributed by atoms with Gasteiger partial charge in [0, 0.05) is 18.5 Å². The van der Waals surface area contributed by atoms with E-state index in [1.165, 1.54) is 64.3 Å². The van der Waals surface area contributed by atoms with Crippen molar-refractivity contribution in [1.82, 2.24) is 4.90 Å². The van der Waals surface area contributed by atoms with Crippen molar-refractivity contribution < 1.29 is 4.79 Å². The van der Waals surface area contributed by atoms with E-state index < -0.39 is 0 Å². The molecule has 1 aliphatic heterocycles. The average molecular weight is 265 g/mol. The van der Waals surface area contributed by atoms with Crippen LogP contribution in [0.15, 0.2) is 0 Å². The molecular formula is C17H31NO. The Morgan fingerprint density at radius 2 is 1.95 bits per heavy atom. The molecule has 0 aromatic heterocycles. The maximum atomic E-state index is 11.5. The zero-order valence-electron chi connectivity index (χ0n) is 12.9. The smallest absolute Gasteiger partial charge is 0.131 e. The standard InChI is InChI=1S/C17H31NO/c1-3-15-8-7-10-17(13-15)18-11-6-4-5-9-16(18)12-14(2)19/h15-17H,3-13H2,1-2H3. The van der Waals surface area contributed by atoms with Gasteiger partial charge in [-0.1, -0.05) is 39.0 Å². The molecule has 3 unspecified atom stereocenters.